The Morgan fingerprint density at radius 2 is 1.79 bits per heavy atom. The maximum atomic E-state index is 5.43. The zero-order chi connectivity index (χ0) is 14.0. The molecule has 0 fully saturated rings. The highest BCUT2D eigenvalue weighted by atomic mass is 32.1. The van der Waals surface area contributed by atoms with E-state index in [1.165, 1.54) is 16.8 Å². The minimum atomic E-state index is 0.0920. The number of aryl methyl sites for hydroxylation is 1. The molecule has 102 valence electrons. The first-order chi connectivity index (χ1) is 8.93. The fraction of sp³-hybridized carbons (Fsp3) is 0.438. The van der Waals surface area contributed by atoms with E-state index in [4.69, 9.17) is 12.2 Å². The van der Waals surface area contributed by atoms with Crippen LogP contribution in [0, 0.1) is 4.77 Å². The van der Waals surface area contributed by atoms with Gasteiger partial charge >= 0.3 is 0 Å². The van der Waals surface area contributed by atoms with Crippen LogP contribution < -0.4 is 0 Å². The summed E-state index contributed by atoms with van der Waals surface area (Å²) in [6, 6.07) is 8.59. The summed E-state index contributed by atoms with van der Waals surface area (Å²) in [4.78, 5) is 3.18. The summed E-state index contributed by atoms with van der Waals surface area (Å²) in [5, 5.41) is 0. The second kappa shape index (κ2) is 5.33. The molecule has 3 heteroatoms. The average Bonchev–Trinajstić information content (AvgIpc) is 2.71. The van der Waals surface area contributed by atoms with Crippen molar-refractivity contribution in [1.29, 1.82) is 0 Å². The van der Waals surface area contributed by atoms with Crippen LogP contribution in [0.2, 0.25) is 0 Å². The summed E-state index contributed by atoms with van der Waals surface area (Å²) in [5.74, 6) is 0. The SMILES string of the molecule is CCc1ccccc1Cn1c(C(C)(C)C)c[nH]c1=S. The molecule has 1 N–H and O–H groups in total. The number of aromatic nitrogens is 2. The average molecular weight is 274 g/mol. The van der Waals surface area contributed by atoms with E-state index in [0.29, 0.717) is 0 Å². The highest BCUT2D eigenvalue weighted by Gasteiger charge is 2.19. The van der Waals surface area contributed by atoms with Crippen molar-refractivity contribution in [2.45, 2.75) is 46.1 Å². The maximum absolute atomic E-state index is 5.43. The summed E-state index contributed by atoms with van der Waals surface area (Å²) >= 11 is 5.43. The molecule has 1 heterocycles. The van der Waals surface area contributed by atoms with Gasteiger partial charge in [0.2, 0.25) is 0 Å². The molecule has 0 aliphatic carbocycles. The quantitative estimate of drug-likeness (QED) is 0.820. The minimum Gasteiger partial charge on any atom is -0.337 e. The number of hydrogen-bond acceptors (Lipinski definition) is 1. The zero-order valence-corrected chi connectivity index (χ0v) is 13.0. The molecule has 0 spiro atoms. The molecule has 0 saturated carbocycles. The van der Waals surface area contributed by atoms with Gasteiger partial charge in [0.05, 0.1) is 6.54 Å². The summed E-state index contributed by atoms with van der Waals surface area (Å²) in [6.45, 7) is 9.69. The van der Waals surface area contributed by atoms with Gasteiger partial charge in [-0.15, -0.1) is 0 Å². The largest absolute Gasteiger partial charge is 0.337 e. The monoisotopic (exact) mass is 274 g/mol. The number of aromatic amines is 1. The molecule has 0 unspecified atom stereocenters. The predicted molar refractivity (Wildman–Crippen MR) is 83.2 cm³/mol. The minimum absolute atomic E-state index is 0.0920. The molecule has 2 nitrogen and oxygen atoms in total. The van der Waals surface area contributed by atoms with Gasteiger partial charge in [-0.1, -0.05) is 52.0 Å². The van der Waals surface area contributed by atoms with Gasteiger partial charge in [-0.2, -0.15) is 0 Å². The fourth-order valence-corrected chi connectivity index (χ4v) is 2.62. The summed E-state index contributed by atoms with van der Waals surface area (Å²) in [7, 11) is 0. The van der Waals surface area contributed by atoms with Gasteiger partial charge in [0, 0.05) is 17.3 Å². The third-order valence-electron chi connectivity index (χ3n) is 3.46. The van der Waals surface area contributed by atoms with Crippen LogP contribution in [0.4, 0.5) is 0 Å². The molecule has 0 saturated heterocycles. The molecule has 0 atom stereocenters. The van der Waals surface area contributed by atoms with Crippen LogP contribution in [0.5, 0.6) is 0 Å². The van der Waals surface area contributed by atoms with E-state index in [9.17, 15) is 0 Å². The van der Waals surface area contributed by atoms with Gasteiger partial charge in [0.25, 0.3) is 0 Å². The van der Waals surface area contributed by atoms with Crippen molar-refractivity contribution in [2.24, 2.45) is 0 Å². The van der Waals surface area contributed by atoms with Crippen molar-refractivity contribution < 1.29 is 0 Å². The fourth-order valence-electron chi connectivity index (χ4n) is 2.40. The zero-order valence-electron chi connectivity index (χ0n) is 12.2. The van der Waals surface area contributed by atoms with Crippen molar-refractivity contribution in [2.75, 3.05) is 0 Å². The number of rotatable bonds is 3. The van der Waals surface area contributed by atoms with Crippen LogP contribution in [0.3, 0.4) is 0 Å². The number of benzene rings is 1. The number of imidazole rings is 1. The Balaban J connectivity index is 2.44. The molecule has 0 bridgehead atoms. The van der Waals surface area contributed by atoms with Gasteiger partial charge < -0.3 is 9.55 Å². The van der Waals surface area contributed by atoms with Crippen LogP contribution >= 0.6 is 12.2 Å². The molecule has 0 amide bonds. The third-order valence-corrected chi connectivity index (χ3v) is 3.80. The van der Waals surface area contributed by atoms with Gasteiger partial charge in [-0.25, -0.2) is 0 Å². The van der Waals surface area contributed by atoms with Crippen molar-refractivity contribution in [1.82, 2.24) is 9.55 Å². The van der Waals surface area contributed by atoms with E-state index < -0.39 is 0 Å². The molecule has 2 rings (SSSR count). The Morgan fingerprint density at radius 1 is 1.16 bits per heavy atom. The Hall–Kier alpha value is -1.35. The lowest BCUT2D eigenvalue weighted by atomic mass is 9.92. The lowest BCUT2D eigenvalue weighted by Gasteiger charge is -2.21. The van der Waals surface area contributed by atoms with E-state index in [2.05, 4.69) is 61.5 Å². The van der Waals surface area contributed by atoms with E-state index >= 15 is 0 Å². The Morgan fingerprint density at radius 3 is 2.37 bits per heavy atom. The molecule has 2 aromatic rings. The molecule has 19 heavy (non-hydrogen) atoms. The second-order valence-electron chi connectivity index (χ2n) is 5.94. The molecule has 1 aromatic carbocycles. The smallest absolute Gasteiger partial charge is 0.177 e. The molecule has 0 aliphatic heterocycles. The molecule has 0 radical (unpaired) electrons. The van der Waals surface area contributed by atoms with E-state index in [0.717, 1.165) is 17.7 Å². The van der Waals surface area contributed by atoms with Crippen molar-refractivity contribution in [3.8, 4) is 0 Å². The lowest BCUT2D eigenvalue weighted by molar-refractivity contribution is 0.528. The highest BCUT2D eigenvalue weighted by Crippen LogP contribution is 2.23. The van der Waals surface area contributed by atoms with E-state index in [1.54, 1.807) is 0 Å². The molecular formula is C16H22N2S. The number of H-pyrrole nitrogens is 1. The first-order valence-electron chi connectivity index (χ1n) is 6.79. The summed E-state index contributed by atoms with van der Waals surface area (Å²) < 4.78 is 3.01. The Labute approximate surface area is 120 Å². The van der Waals surface area contributed by atoms with Gasteiger partial charge in [-0.05, 0) is 29.8 Å². The molecule has 0 aliphatic rings. The second-order valence-corrected chi connectivity index (χ2v) is 6.32. The van der Waals surface area contributed by atoms with Gasteiger partial charge in [0.1, 0.15) is 0 Å². The van der Waals surface area contributed by atoms with Gasteiger partial charge in [-0.3, -0.25) is 0 Å². The Kier molecular flexibility index (Phi) is 3.95. The highest BCUT2D eigenvalue weighted by molar-refractivity contribution is 7.71. The number of nitrogens with zero attached hydrogens (tertiary/aromatic N) is 1. The van der Waals surface area contributed by atoms with Crippen LogP contribution in [0.25, 0.3) is 0 Å². The van der Waals surface area contributed by atoms with E-state index in [1.807, 2.05) is 6.20 Å². The standard InChI is InChI=1S/C16H22N2S/c1-5-12-8-6-7-9-13(12)11-18-14(16(2,3)4)10-17-15(18)19/h6-10H,5,11H2,1-4H3,(H,17,19). The first-order valence-corrected chi connectivity index (χ1v) is 7.19. The Bertz CT molecular complexity index is 614. The van der Waals surface area contributed by atoms with Crippen LogP contribution in [-0.2, 0) is 18.4 Å². The van der Waals surface area contributed by atoms with Crippen LogP contribution in [-0.4, -0.2) is 9.55 Å². The lowest BCUT2D eigenvalue weighted by Crippen LogP contribution is -2.18. The topological polar surface area (TPSA) is 20.7 Å². The van der Waals surface area contributed by atoms with Crippen molar-refractivity contribution >= 4 is 12.2 Å². The summed E-state index contributed by atoms with van der Waals surface area (Å²) in [6.07, 6.45) is 3.09. The maximum Gasteiger partial charge on any atom is 0.177 e. The van der Waals surface area contributed by atoms with Crippen molar-refractivity contribution in [3.63, 3.8) is 0 Å². The normalized spacial score (nSPS) is 11.8. The third kappa shape index (κ3) is 2.98. The summed E-state index contributed by atoms with van der Waals surface area (Å²) in [5.41, 5.74) is 4.09. The van der Waals surface area contributed by atoms with Gasteiger partial charge in [0.15, 0.2) is 4.77 Å². The van der Waals surface area contributed by atoms with E-state index in [-0.39, 0.29) is 5.41 Å². The van der Waals surface area contributed by atoms with Crippen LogP contribution in [0.15, 0.2) is 30.5 Å². The molecule has 1 aromatic heterocycles. The van der Waals surface area contributed by atoms with Crippen LogP contribution in [0.1, 0.15) is 44.5 Å². The number of nitrogens with one attached hydrogen (secondary N) is 1. The molecular weight excluding hydrogens is 252 g/mol. The first kappa shape index (κ1) is 14.1. The predicted octanol–water partition coefficient (Wildman–Crippen LogP) is 4.45. The van der Waals surface area contributed by atoms with Crippen molar-refractivity contribution in [3.05, 3.63) is 52.1 Å². The number of hydrogen-bond donors (Lipinski definition) is 1.